The molecule has 31 heavy (non-hydrogen) atoms. The molecule has 0 spiro atoms. The van der Waals surface area contributed by atoms with Gasteiger partial charge in [-0.15, -0.1) is 0 Å². The molecule has 1 aliphatic heterocycles. The highest BCUT2D eigenvalue weighted by molar-refractivity contribution is 6.33. The zero-order valence-electron chi connectivity index (χ0n) is 17.2. The first-order chi connectivity index (χ1) is 15.0. The zero-order chi connectivity index (χ0) is 21.8. The predicted octanol–water partition coefficient (Wildman–Crippen LogP) is 3.68. The summed E-state index contributed by atoms with van der Waals surface area (Å²) < 4.78 is 20.9. The number of aromatic nitrogens is 2. The Labute approximate surface area is 185 Å². The van der Waals surface area contributed by atoms with Crippen LogP contribution in [-0.4, -0.2) is 53.4 Å². The van der Waals surface area contributed by atoms with Crippen LogP contribution >= 0.6 is 11.6 Å². The van der Waals surface area contributed by atoms with Crippen molar-refractivity contribution in [2.45, 2.75) is 6.04 Å². The Bertz CT molecular complexity index is 1070. The number of rotatable bonds is 6. The van der Waals surface area contributed by atoms with Crippen molar-refractivity contribution in [3.05, 3.63) is 76.7 Å². The van der Waals surface area contributed by atoms with E-state index >= 15 is 0 Å². The van der Waals surface area contributed by atoms with Crippen LogP contribution < -0.4 is 5.32 Å². The fourth-order valence-corrected chi connectivity index (χ4v) is 4.08. The second kappa shape index (κ2) is 9.60. The van der Waals surface area contributed by atoms with Gasteiger partial charge in [0.1, 0.15) is 11.5 Å². The molecule has 1 amide bonds. The van der Waals surface area contributed by atoms with Crippen LogP contribution in [0.3, 0.4) is 0 Å². The number of carbonyl (C=O) groups is 1. The lowest BCUT2D eigenvalue weighted by Crippen LogP contribution is -2.43. The van der Waals surface area contributed by atoms with E-state index in [1.54, 1.807) is 30.1 Å². The molecule has 8 heteroatoms. The maximum Gasteiger partial charge on any atom is 0.255 e. The molecule has 6 nitrogen and oxygen atoms in total. The molecule has 1 atom stereocenters. The summed E-state index contributed by atoms with van der Waals surface area (Å²) in [7, 11) is 1.76. The number of benzene rings is 2. The molecule has 3 aromatic rings. The van der Waals surface area contributed by atoms with Gasteiger partial charge in [0, 0.05) is 38.4 Å². The number of carbonyl (C=O) groups excluding carboxylic acids is 1. The van der Waals surface area contributed by atoms with Crippen molar-refractivity contribution in [2.24, 2.45) is 7.05 Å². The molecule has 1 aromatic heterocycles. The van der Waals surface area contributed by atoms with Crippen molar-refractivity contribution in [1.82, 2.24) is 20.0 Å². The van der Waals surface area contributed by atoms with Gasteiger partial charge in [0.25, 0.3) is 5.91 Å². The number of nitrogens with one attached hydrogen (secondary N) is 1. The Hall–Kier alpha value is -2.74. The first-order valence-corrected chi connectivity index (χ1v) is 10.5. The first kappa shape index (κ1) is 21.5. The molecule has 162 valence electrons. The number of hydrogen-bond donors (Lipinski definition) is 1. The summed E-state index contributed by atoms with van der Waals surface area (Å²) in [6.07, 6.45) is 1.68. The highest BCUT2D eigenvalue weighted by Gasteiger charge is 2.25. The van der Waals surface area contributed by atoms with E-state index in [-0.39, 0.29) is 17.8 Å². The smallest absolute Gasteiger partial charge is 0.255 e. The molecule has 0 radical (unpaired) electrons. The van der Waals surface area contributed by atoms with E-state index in [4.69, 9.17) is 16.3 Å². The average Bonchev–Trinajstić information content (AvgIpc) is 3.16. The molecule has 1 unspecified atom stereocenters. The Morgan fingerprint density at radius 1 is 1.23 bits per heavy atom. The van der Waals surface area contributed by atoms with Gasteiger partial charge in [-0.25, -0.2) is 4.39 Å². The van der Waals surface area contributed by atoms with Crippen LogP contribution in [0.4, 0.5) is 4.39 Å². The second-order valence-corrected chi connectivity index (χ2v) is 7.88. The lowest BCUT2D eigenvalue weighted by Gasteiger charge is -2.35. The summed E-state index contributed by atoms with van der Waals surface area (Å²) in [6, 6.07) is 13.7. The summed E-state index contributed by atoms with van der Waals surface area (Å²) in [5, 5.41) is 7.99. The molecule has 0 saturated carbocycles. The fraction of sp³-hybridized carbons (Fsp3) is 0.304. The third kappa shape index (κ3) is 4.95. The van der Waals surface area contributed by atoms with Crippen molar-refractivity contribution in [1.29, 1.82) is 0 Å². The summed E-state index contributed by atoms with van der Waals surface area (Å²) in [5.41, 5.74) is 2.49. The monoisotopic (exact) mass is 442 g/mol. The van der Waals surface area contributed by atoms with Gasteiger partial charge in [-0.1, -0.05) is 41.9 Å². The Morgan fingerprint density at radius 2 is 2.00 bits per heavy atom. The Balaban J connectivity index is 1.57. The first-order valence-electron chi connectivity index (χ1n) is 10.2. The summed E-state index contributed by atoms with van der Waals surface area (Å²) in [4.78, 5) is 15.3. The molecule has 2 aromatic carbocycles. The quantitative estimate of drug-likeness (QED) is 0.632. The lowest BCUT2D eigenvalue weighted by molar-refractivity contribution is 0.0162. The molecule has 4 rings (SSSR count). The van der Waals surface area contributed by atoms with E-state index < -0.39 is 0 Å². The van der Waals surface area contributed by atoms with Gasteiger partial charge in [0.15, 0.2) is 0 Å². The second-order valence-electron chi connectivity index (χ2n) is 7.47. The predicted molar refractivity (Wildman–Crippen MR) is 118 cm³/mol. The number of morpholine rings is 1. The minimum atomic E-state index is -0.296. The van der Waals surface area contributed by atoms with Crippen molar-refractivity contribution in [2.75, 3.05) is 32.8 Å². The van der Waals surface area contributed by atoms with Crippen molar-refractivity contribution in [3.8, 4) is 11.3 Å². The number of hydrogen-bond acceptors (Lipinski definition) is 4. The summed E-state index contributed by atoms with van der Waals surface area (Å²) in [5.74, 6) is -0.548. The third-order valence-corrected chi connectivity index (χ3v) is 5.71. The zero-order valence-corrected chi connectivity index (χ0v) is 18.0. The topological polar surface area (TPSA) is 59.4 Å². The number of amides is 1. The molecular formula is C23H24ClFN4O2. The van der Waals surface area contributed by atoms with Crippen molar-refractivity contribution < 1.29 is 13.9 Å². The Kier molecular flexibility index (Phi) is 6.65. The van der Waals surface area contributed by atoms with E-state index in [1.807, 2.05) is 24.3 Å². The van der Waals surface area contributed by atoms with Gasteiger partial charge < -0.3 is 10.1 Å². The summed E-state index contributed by atoms with van der Waals surface area (Å²) in [6.45, 7) is 2.99. The molecule has 2 heterocycles. The van der Waals surface area contributed by atoms with Crippen LogP contribution in [0.2, 0.25) is 5.02 Å². The third-order valence-electron chi connectivity index (χ3n) is 5.38. The standard InChI is InChI=1S/C23H24ClFN4O2/c1-28-15-19(22(27-28)18-7-2-3-8-20(18)24)23(30)26-14-21(29-9-11-31-12-10-29)16-5-4-6-17(25)13-16/h2-8,13,15,21H,9-12,14H2,1H3,(H,26,30). The van der Waals surface area contributed by atoms with Crippen LogP contribution in [0.25, 0.3) is 11.3 Å². The van der Waals surface area contributed by atoms with E-state index in [0.717, 1.165) is 18.7 Å². The molecule has 1 saturated heterocycles. The van der Waals surface area contributed by atoms with Crippen LogP contribution in [0.5, 0.6) is 0 Å². The normalized spacial score (nSPS) is 15.6. The van der Waals surface area contributed by atoms with Gasteiger partial charge in [-0.2, -0.15) is 5.10 Å². The lowest BCUT2D eigenvalue weighted by atomic mass is 10.0. The SMILES string of the molecule is Cn1cc(C(=O)NCC(c2cccc(F)c2)N2CCOCC2)c(-c2ccccc2Cl)n1. The number of ether oxygens (including phenoxy) is 1. The minimum Gasteiger partial charge on any atom is -0.379 e. The van der Waals surface area contributed by atoms with E-state index in [9.17, 15) is 9.18 Å². The van der Waals surface area contributed by atoms with Crippen molar-refractivity contribution >= 4 is 17.5 Å². The van der Waals surface area contributed by atoms with Gasteiger partial charge in [0.2, 0.25) is 0 Å². The van der Waals surface area contributed by atoms with Crippen molar-refractivity contribution in [3.63, 3.8) is 0 Å². The molecule has 1 fully saturated rings. The molecular weight excluding hydrogens is 419 g/mol. The molecule has 0 aliphatic carbocycles. The van der Waals surface area contributed by atoms with E-state index in [2.05, 4.69) is 15.3 Å². The highest BCUT2D eigenvalue weighted by atomic mass is 35.5. The molecule has 1 aliphatic rings. The summed E-state index contributed by atoms with van der Waals surface area (Å²) >= 11 is 6.33. The van der Waals surface area contributed by atoms with Crippen LogP contribution in [0.15, 0.2) is 54.7 Å². The van der Waals surface area contributed by atoms with Crippen LogP contribution in [-0.2, 0) is 11.8 Å². The van der Waals surface area contributed by atoms with E-state index in [1.165, 1.54) is 12.1 Å². The van der Waals surface area contributed by atoms with Gasteiger partial charge in [-0.3, -0.25) is 14.4 Å². The number of aryl methyl sites for hydroxylation is 1. The fourth-order valence-electron chi connectivity index (χ4n) is 3.85. The van der Waals surface area contributed by atoms with E-state index in [0.29, 0.717) is 41.6 Å². The maximum atomic E-state index is 13.9. The van der Waals surface area contributed by atoms with Gasteiger partial charge in [-0.05, 0) is 23.8 Å². The number of nitrogens with zero attached hydrogens (tertiary/aromatic N) is 3. The molecule has 0 bridgehead atoms. The van der Waals surface area contributed by atoms with Gasteiger partial charge in [0.05, 0.1) is 29.8 Å². The number of halogens is 2. The van der Waals surface area contributed by atoms with Crippen LogP contribution in [0, 0.1) is 5.82 Å². The maximum absolute atomic E-state index is 13.9. The highest BCUT2D eigenvalue weighted by Crippen LogP contribution is 2.29. The van der Waals surface area contributed by atoms with Crippen LogP contribution in [0.1, 0.15) is 22.0 Å². The largest absolute Gasteiger partial charge is 0.379 e. The Morgan fingerprint density at radius 3 is 2.74 bits per heavy atom. The minimum absolute atomic E-state index is 0.163. The average molecular weight is 443 g/mol. The molecule has 1 N–H and O–H groups in total. The van der Waals surface area contributed by atoms with Gasteiger partial charge >= 0.3 is 0 Å².